The first kappa shape index (κ1) is 25.1. The predicted octanol–water partition coefficient (Wildman–Crippen LogP) is 3.80. The van der Waals surface area contributed by atoms with E-state index in [-0.39, 0.29) is 24.5 Å². The molecule has 10 heteroatoms. The fraction of sp³-hybridized carbons (Fsp3) is 0.455. The maximum atomic E-state index is 13.0. The van der Waals surface area contributed by atoms with Crippen molar-refractivity contribution in [2.75, 3.05) is 24.7 Å². The van der Waals surface area contributed by atoms with Gasteiger partial charge in [0.1, 0.15) is 5.92 Å². The van der Waals surface area contributed by atoms with E-state index in [1.165, 1.54) is 30.0 Å². The standard InChI is InChI=1S/C22H25N3O6S/c1-4-30-21(26)18-14(3)24-17(13-32-11-7-10-23)20(22(27)31-5-2)19(18)15-8-6-9-16(12-15)25(28)29/h6,8-9,12,18-19H,4-5,7,11,13H2,1-3H3. The molecule has 2 rings (SSSR count). The molecule has 1 aromatic rings. The van der Waals surface area contributed by atoms with Gasteiger partial charge in [-0.05, 0) is 26.3 Å². The molecule has 9 nitrogen and oxygen atoms in total. The van der Waals surface area contributed by atoms with Gasteiger partial charge in [0, 0.05) is 41.7 Å². The number of nitrogens with zero attached hydrogens (tertiary/aromatic N) is 3. The van der Waals surface area contributed by atoms with Gasteiger partial charge in [-0.25, -0.2) is 4.79 Å². The van der Waals surface area contributed by atoms with E-state index in [1.807, 2.05) is 0 Å². The number of nitro benzene ring substituents is 1. The van der Waals surface area contributed by atoms with Crippen LogP contribution in [-0.4, -0.2) is 47.3 Å². The van der Waals surface area contributed by atoms with Crippen molar-refractivity contribution in [2.45, 2.75) is 33.1 Å². The third kappa shape index (κ3) is 5.95. The molecule has 0 radical (unpaired) electrons. The smallest absolute Gasteiger partial charge is 0.336 e. The fourth-order valence-electron chi connectivity index (χ4n) is 3.51. The molecule has 170 valence electrons. The summed E-state index contributed by atoms with van der Waals surface area (Å²) in [4.78, 5) is 41.3. The Labute approximate surface area is 190 Å². The number of ether oxygens (including phenoxy) is 2. The van der Waals surface area contributed by atoms with E-state index in [0.29, 0.717) is 34.9 Å². The van der Waals surface area contributed by atoms with E-state index in [9.17, 15) is 19.7 Å². The highest BCUT2D eigenvalue weighted by atomic mass is 32.2. The Balaban J connectivity index is 2.67. The van der Waals surface area contributed by atoms with E-state index in [2.05, 4.69) is 11.1 Å². The largest absolute Gasteiger partial charge is 0.465 e. The minimum absolute atomic E-state index is 0.117. The van der Waals surface area contributed by atoms with Crippen LogP contribution in [0.2, 0.25) is 0 Å². The Morgan fingerprint density at radius 1 is 1.28 bits per heavy atom. The lowest BCUT2D eigenvalue weighted by molar-refractivity contribution is -0.384. The van der Waals surface area contributed by atoms with Crippen molar-refractivity contribution >= 4 is 35.1 Å². The predicted molar refractivity (Wildman–Crippen MR) is 120 cm³/mol. The van der Waals surface area contributed by atoms with E-state index >= 15 is 0 Å². The van der Waals surface area contributed by atoms with Crippen LogP contribution in [0, 0.1) is 27.4 Å². The number of benzene rings is 1. The van der Waals surface area contributed by atoms with Gasteiger partial charge in [0.15, 0.2) is 0 Å². The number of carbonyl (C=O) groups excluding carboxylic acids is 2. The zero-order valence-electron chi connectivity index (χ0n) is 18.2. The number of nitriles is 1. The number of hydrogen-bond donors (Lipinski definition) is 0. The molecule has 1 heterocycles. The van der Waals surface area contributed by atoms with Crippen molar-refractivity contribution in [3.05, 3.63) is 51.2 Å². The molecule has 1 aliphatic rings. The van der Waals surface area contributed by atoms with Crippen LogP contribution in [0.3, 0.4) is 0 Å². The molecular weight excluding hydrogens is 434 g/mol. The summed E-state index contributed by atoms with van der Waals surface area (Å²) in [6.07, 6.45) is 0.342. The molecule has 1 aromatic carbocycles. The summed E-state index contributed by atoms with van der Waals surface area (Å²) in [6, 6.07) is 7.92. The lowest BCUT2D eigenvalue weighted by atomic mass is 9.75. The van der Waals surface area contributed by atoms with Gasteiger partial charge >= 0.3 is 11.9 Å². The van der Waals surface area contributed by atoms with Crippen molar-refractivity contribution in [3.8, 4) is 6.07 Å². The number of thioether (sulfide) groups is 1. The molecule has 0 spiro atoms. The van der Waals surface area contributed by atoms with Gasteiger partial charge in [-0.1, -0.05) is 12.1 Å². The zero-order valence-corrected chi connectivity index (χ0v) is 19.0. The fourth-order valence-corrected chi connectivity index (χ4v) is 4.30. The molecule has 0 saturated carbocycles. The summed E-state index contributed by atoms with van der Waals surface area (Å²) < 4.78 is 10.5. The van der Waals surface area contributed by atoms with Crippen molar-refractivity contribution in [2.24, 2.45) is 10.9 Å². The minimum Gasteiger partial charge on any atom is -0.465 e. The van der Waals surface area contributed by atoms with Crippen LogP contribution in [-0.2, 0) is 19.1 Å². The normalized spacial score (nSPS) is 17.9. The molecule has 0 saturated heterocycles. The first-order chi connectivity index (χ1) is 15.3. The second-order valence-corrected chi connectivity index (χ2v) is 7.96. The van der Waals surface area contributed by atoms with Crippen molar-refractivity contribution < 1.29 is 24.0 Å². The van der Waals surface area contributed by atoms with Gasteiger partial charge in [-0.3, -0.25) is 19.9 Å². The summed E-state index contributed by atoms with van der Waals surface area (Å²) >= 11 is 1.43. The summed E-state index contributed by atoms with van der Waals surface area (Å²) in [5, 5.41) is 20.1. The second-order valence-electron chi connectivity index (χ2n) is 6.85. The molecule has 2 atom stereocenters. The average Bonchev–Trinajstić information content (AvgIpc) is 2.76. The highest BCUT2D eigenvalue weighted by Gasteiger charge is 2.43. The first-order valence-electron chi connectivity index (χ1n) is 10.2. The highest BCUT2D eigenvalue weighted by molar-refractivity contribution is 7.99. The summed E-state index contributed by atoms with van der Waals surface area (Å²) in [7, 11) is 0. The highest BCUT2D eigenvalue weighted by Crippen LogP contribution is 2.41. The molecule has 2 unspecified atom stereocenters. The van der Waals surface area contributed by atoms with Gasteiger partial charge in [-0.15, -0.1) is 0 Å². The Morgan fingerprint density at radius 2 is 2.00 bits per heavy atom. The van der Waals surface area contributed by atoms with Crippen LogP contribution in [0.4, 0.5) is 5.69 Å². The van der Waals surface area contributed by atoms with Crippen LogP contribution in [0.5, 0.6) is 0 Å². The molecule has 0 aromatic heterocycles. The molecule has 32 heavy (non-hydrogen) atoms. The lowest BCUT2D eigenvalue weighted by Crippen LogP contribution is -2.37. The van der Waals surface area contributed by atoms with Crippen LogP contribution >= 0.6 is 11.8 Å². The number of nitro groups is 1. The Kier molecular flexibility index (Phi) is 9.40. The summed E-state index contributed by atoms with van der Waals surface area (Å²) in [6.45, 7) is 5.27. The Morgan fingerprint density at radius 3 is 2.62 bits per heavy atom. The van der Waals surface area contributed by atoms with E-state index in [4.69, 9.17) is 14.7 Å². The van der Waals surface area contributed by atoms with Crippen molar-refractivity contribution in [1.82, 2.24) is 0 Å². The number of non-ortho nitro benzene ring substituents is 1. The van der Waals surface area contributed by atoms with Crippen LogP contribution in [0.15, 0.2) is 40.5 Å². The Bertz CT molecular complexity index is 982. The van der Waals surface area contributed by atoms with E-state index in [0.717, 1.165) is 0 Å². The van der Waals surface area contributed by atoms with Crippen LogP contribution < -0.4 is 0 Å². The second kappa shape index (κ2) is 12.0. The third-order valence-corrected chi connectivity index (χ3v) is 5.76. The number of rotatable bonds is 10. The molecule has 0 amide bonds. The first-order valence-corrected chi connectivity index (χ1v) is 11.3. The minimum atomic E-state index is -0.927. The molecular formula is C22H25N3O6S. The lowest BCUT2D eigenvalue weighted by Gasteiger charge is -2.32. The summed E-state index contributed by atoms with van der Waals surface area (Å²) in [5.41, 5.74) is 1.33. The maximum Gasteiger partial charge on any atom is 0.336 e. The quantitative estimate of drug-likeness (QED) is 0.223. The molecule has 1 aliphatic heterocycles. The number of hydrogen-bond acceptors (Lipinski definition) is 9. The zero-order chi connectivity index (χ0) is 23.7. The van der Waals surface area contributed by atoms with Gasteiger partial charge in [0.05, 0.1) is 35.5 Å². The third-order valence-electron chi connectivity index (χ3n) is 4.79. The molecule has 0 fully saturated rings. The van der Waals surface area contributed by atoms with E-state index in [1.54, 1.807) is 26.8 Å². The van der Waals surface area contributed by atoms with E-state index < -0.39 is 28.7 Å². The van der Waals surface area contributed by atoms with Crippen LogP contribution in [0.1, 0.15) is 38.7 Å². The summed E-state index contributed by atoms with van der Waals surface area (Å²) in [5.74, 6) is -2.10. The molecule has 0 aliphatic carbocycles. The van der Waals surface area contributed by atoms with Crippen molar-refractivity contribution in [3.63, 3.8) is 0 Å². The molecule has 0 N–H and O–H groups in total. The molecule has 0 bridgehead atoms. The number of esters is 2. The van der Waals surface area contributed by atoms with Crippen LogP contribution in [0.25, 0.3) is 0 Å². The maximum absolute atomic E-state index is 13.0. The van der Waals surface area contributed by atoms with Gasteiger partial charge in [0.2, 0.25) is 0 Å². The monoisotopic (exact) mass is 459 g/mol. The topological polar surface area (TPSA) is 132 Å². The van der Waals surface area contributed by atoms with Crippen molar-refractivity contribution in [1.29, 1.82) is 5.26 Å². The van der Waals surface area contributed by atoms with Gasteiger partial charge in [-0.2, -0.15) is 17.0 Å². The SMILES string of the molecule is CCOC(=O)C1=C(CSCCC#N)N=C(C)C(C(=O)OCC)C1c1cccc([N+](=O)[O-])c1. The Hall–Kier alpha value is -3.19. The van der Waals surface area contributed by atoms with Gasteiger partial charge in [0.25, 0.3) is 5.69 Å². The average molecular weight is 460 g/mol. The van der Waals surface area contributed by atoms with Gasteiger partial charge < -0.3 is 9.47 Å². The number of aliphatic imine (C=N–C) groups is 1. The number of carbonyl (C=O) groups is 2.